The van der Waals surface area contributed by atoms with E-state index in [9.17, 15) is 9.59 Å². The first kappa shape index (κ1) is 18.9. The van der Waals surface area contributed by atoms with Crippen LogP contribution in [0.15, 0.2) is 17.8 Å². The molecule has 0 aliphatic rings. The molecule has 11 heteroatoms. The largest absolute Gasteiger partial charge is 0.457 e. The van der Waals surface area contributed by atoms with Gasteiger partial charge in [-0.3, -0.25) is 9.36 Å². The third-order valence-corrected chi connectivity index (χ3v) is 4.88. The van der Waals surface area contributed by atoms with Crippen molar-refractivity contribution < 1.29 is 14.3 Å². The Bertz CT molecular complexity index is 801. The number of nitrogens with two attached hydrogens (primary N) is 1. The van der Waals surface area contributed by atoms with E-state index in [0.717, 1.165) is 11.3 Å². The molecule has 2 aromatic heterocycles. The average molecular weight is 382 g/mol. The lowest BCUT2D eigenvalue weighted by Crippen LogP contribution is -2.25. The highest BCUT2D eigenvalue weighted by Gasteiger charge is 2.24. The topological polar surface area (TPSA) is 125 Å². The number of rotatable bonds is 7. The number of nitrogens with one attached hydrogen (secondary N) is 1. The van der Waals surface area contributed by atoms with E-state index in [0.29, 0.717) is 20.9 Å². The molecule has 2 aromatic rings. The van der Waals surface area contributed by atoms with E-state index in [2.05, 4.69) is 27.1 Å². The van der Waals surface area contributed by atoms with Gasteiger partial charge in [-0.15, -0.1) is 10.2 Å². The Balaban J connectivity index is 2.14. The maximum absolute atomic E-state index is 12.5. The fourth-order valence-corrected chi connectivity index (χ4v) is 3.39. The second-order valence-corrected chi connectivity index (χ2v) is 6.67. The first-order valence-corrected chi connectivity index (χ1v) is 9.23. The van der Waals surface area contributed by atoms with Gasteiger partial charge in [0.1, 0.15) is 17.5 Å². The molecule has 25 heavy (non-hydrogen) atoms. The predicted molar refractivity (Wildman–Crippen MR) is 96.9 cm³/mol. The second-order valence-electron chi connectivity index (χ2n) is 4.90. The molecule has 134 valence electrons. The van der Waals surface area contributed by atoms with Gasteiger partial charge >= 0.3 is 5.97 Å². The maximum atomic E-state index is 12.5. The summed E-state index contributed by atoms with van der Waals surface area (Å²) in [6, 6.07) is -0.641. The maximum Gasteiger partial charge on any atom is 0.350 e. The highest BCUT2D eigenvalue weighted by Crippen LogP contribution is 2.26. The standard InChI is InChI=1S/C14H18N6O3S2/c1-5-6-23-11(22)9-7(2)16-13(25-9)17-10(21)8(3)20-12(15)18-19-14(20)24-4/h5,8H,1,6H2,2-4H3,(H2,15,18)(H,16,17,21). The predicted octanol–water partition coefficient (Wildman–Crippen LogP) is 1.89. The number of amides is 1. The normalized spacial score (nSPS) is 11.8. The van der Waals surface area contributed by atoms with Crippen LogP contribution in [-0.4, -0.2) is 44.5 Å². The van der Waals surface area contributed by atoms with Crippen LogP contribution in [-0.2, 0) is 9.53 Å². The summed E-state index contributed by atoms with van der Waals surface area (Å²) in [5.41, 5.74) is 6.26. The van der Waals surface area contributed by atoms with Gasteiger partial charge < -0.3 is 15.8 Å². The van der Waals surface area contributed by atoms with Crippen molar-refractivity contribution in [2.45, 2.75) is 25.0 Å². The lowest BCUT2D eigenvalue weighted by Gasteiger charge is -2.14. The third-order valence-electron chi connectivity index (χ3n) is 3.18. The average Bonchev–Trinajstić information content (AvgIpc) is 3.14. The first-order valence-electron chi connectivity index (χ1n) is 7.19. The second kappa shape index (κ2) is 8.12. The van der Waals surface area contributed by atoms with Crippen LogP contribution < -0.4 is 11.1 Å². The molecule has 0 saturated heterocycles. The molecule has 1 amide bonds. The summed E-state index contributed by atoms with van der Waals surface area (Å²) in [5.74, 6) is -0.700. The molecule has 0 saturated carbocycles. The third kappa shape index (κ3) is 4.17. The molecule has 2 heterocycles. The van der Waals surface area contributed by atoms with Crippen molar-refractivity contribution >= 4 is 46.1 Å². The summed E-state index contributed by atoms with van der Waals surface area (Å²) >= 11 is 2.38. The van der Waals surface area contributed by atoms with E-state index in [1.54, 1.807) is 13.8 Å². The van der Waals surface area contributed by atoms with Gasteiger partial charge in [-0.05, 0) is 20.1 Å². The van der Waals surface area contributed by atoms with Crippen molar-refractivity contribution in [1.82, 2.24) is 19.7 Å². The molecule has 0 radical (unpaired) electrons. The minimum Gasteiger partial charge on any atom is -0.457 e. The molecule has 2 rings (SSSR count). The summed E-state index contributed by atoms with van der Waals surface area (Å²) in [7, 11) is 0. The molecule has 0 fully saturated rings. The van der Waals surface area contributed by atoms with Gasteiger partial charge in [0.25, 0.3) is 0 Å². The zero-order valence-electron chi connectivity index (χ0n) is 14.0. The Morgan fingerprint density at radius 1 is 1.52 bits per heavy atom. The molecule has 0 aliphatic carbocycles. The van der Waals surface area contributed by atoms with Gasteiger partial charge in [-0.1, -0.05) is 35.8 Å². The number of nitrogen functional groups attached to an aromatic ring is 1. The SMILES string of the molecule is C=CCOC(=O)c1sc(NC(=O)C(C)n2c(N)nnc2SC)nc1C. The molecule has 3 N–H and O–H groups in total. The molecular formula is C14H18N6O3S2. The fourth-order valence-electron chi connectivity index (χ4n) is 1.96. The number of anilines is 2. The monoisotopic (exact) mass is 382 g/mol. The van der Waals surface area contributed by atoms with Gasteiger partial charge in [0.05, 0.1) is 5.69 Å². The molecule has 0 aliphatic heterocycles. The number of aromatic nitrogens is 4. The van der Waals surface area contributed by atoms with Crippen molar-refractivity contribution in [2.75, 3.05) is 23.9 Å². The number of thioether (sulfide) groups is 1. The summed E-state index contributed by atoms with van der Waals surface area (Å²) in [6.07, 6.45) is 3.29. The van der Waals surface area contributed by atoms with E-state index in [1.165, 1.54) is 22.4 Å². The number of ether oxygens (including phenoxy) is 1. The van der Waals surface area contributed by atoms with Crippen molar-refractivity contribution in [3.05, 3.63) is 23.2 Å². The lowest BCUT2D eigenvalue weighted by molar-refractivity contribution is -0.118. The Hall–Kier alpha value is -2.40. The van der Waals surface area contributed by atoms with Gasteiger partial charge in [0.2, 0.25) is 11.9 Å². The zero-order chi connectivity index (χ0) is 18.6. The minimum atomic E-state index is -0.641. The fraction of sp³-hybridized carbons (Fsp3) is 0.357. The van der Waals surface area contributed by atoms with E-state index >= 15 is 0 Å². The van der Waals surface area contributed by atoms with Crippen molar-refractivity contribution in [3.8, 4) is 0 Å². The molecule has 0 aromatic carbocycles. The minimum absolute atomic E-state index is 0.110. The number of aryl methyl sites for hydroxylation is 1. The highest BCUT2D eigenvalue weighted by atomic mass is 32.2. The van der Waals surface area contributed by atoms with Crippen molar-refractivity contribution in [2.24, 2.45) is 0 Å². The van der Waals surface area contributed by atoms with Crippen LogP contribution in [0.3, 0.4) is 0 Å². The van der Waals surface area contributed by atoms with E-state index in [1.807, 2.05) is 6.26 Å². The smallest absolute Gasteiger partial charge is 0.350 e. The van der Waals surface area contributed by atoms with Gasteiger partial charge in [-0.25, -0.2) is 9.78 Å². The number of nitrogens with zero attached hydrogens (tertiary/aromatic N) is 4. The Labute approximate surface area is 152 Å². The van der Waals surface area contributed by atoms with E-state index in [4.69, 9.17) is 10.5 Å². The first-order chi connectivity index (χ1) is 11.9. The van der Waals surface area contributed by atoms with E-state index < -0.39 is 12.0 Å². The van der Waals surface area contributed by atoms with Crippen molar-refractivity contribution in [1.29, 1.82) is 0 Å². The number of hydrogen-bond donors (Lipinski definition) is 2. The number of esters is 1. The van der Waals surface area contributed by atoms with Gasteiger partial charge in [-0.2, -0.15) is 0 Å². The number of hydrogen-bond acceptors (Lipinski definition) is 9. The molecular weight excluding hydrogens is 364 g/mol. The molecule has 0 bridgehead atoms. The number of carbonyl (C=O) groups excluding carboxylic acids is 2. The summed E-state index contributed by atoms with van der Waals surface area (Å²) < 4.78 is 6.52. The van der Waals surface area contributed by atoms with Crippen molar-refractivity contribution in [3.63, 3.8) is 0 Å². The summed E-state index contributed by atoms with van der Waals surface area (Å²) in [6.45, 7) is 6.94. The van der Waals surface area contributed by atoms with E-state index in [-0.39, 0.29) is 18.5 Å². The quantitative estimate of drug-likeness (QED) is 0.422. The van der Waals surface area contributed by atoms with Gasteiger partial charge in [0, 0.05) is 0 Å². The molecule has 9 nitrogen and oxygen atoms in total. The van der Waals surface area contributed by atoms with Crippen LogP contribution in [0.4, 0.5) is 11.1 Å². The Morgan fingerprint density at radius 2 is 2.24 bits per heavy atom. The number of thiazole rings is 1. The highest BCUT2D eigenvalue weighted by molar-refractivity contribution is 7.98. The van der Waals surface area contributed by atoms with Crippen LogP contribution >= 0.6 is 23.1 Å². The Morgan fingerprint density at radius 3 is 2.88 bits per heavy atom. The number of carbonyl (C=O) groups is 2. The van der Waals surface area contributed by atoms with Crippen LogP contribution in [0.2, 0.25) is 0 Å². The zero-order valence-corrected chi connectivity index (χ0v) is 15.6. The molecule has 1 unspecified atom stereocenters. The molecule has 0 spiro atoms. The van der Waals surface area contributed by atoms with Crippen LogP contribution in [0.25, 0.3) is 0 Å². The summed E-state index contributed by atoms with van der Waals surface area (Å²) in [5, 5.41) is 11.2. The van der Waals surface area contributed by atoms with Crippen LogP contribution in [0.5, 0.6) is 0 Å². The molecule has 1 atom stereocenters. The van der Waals surface area contributed by atoms with Crippen LogP contribution in [0.1, 0.15) is 28.3 Å². The van der Waals surface area contributed by atoms with Gasteiger partial charge in [0.15, 0.2) is 10.3 Å². The summed E-state index contributed by atoms with van der Waals surface area (Å²) in [4.78, 5) is 28.9. The van der Waals surface area contributed by atoms with Crippen LogP contribution in [0, 0.1) is 6.92 Å². The lowest BCUT2D eigenvalue weighted by atomic mass is 10.3. The Kier molecular flexibility index (Phi) is 6.15.